The van der Waals surface area contributed by atoms with Gasteiger partial charge in [-0.2, -0.15) is 0 Å². The predicted octanol–water partition coefficient (Wildman–Crippen LogP) is 4.11. The van der Waals surface area contributed by atoms with E-state index in [2.05, 4.69) is 19.2 Å². The van der Waals surface area contributed by atoms with Crippen LogP contribution in [0.2, 0.25) is 0 Å². The van der Waals surface area contributed by atoms with Crippen molar-refractivity contribution in [3.63, 3.8) is 0 Å². The minimum absolute atomic E-state index is 0.0243. The molecule has 1 saturated carbocycles. The van der Waals surface area contributed by atoms with Gasteiger partial charge in [-0.15, -0.1) is 0 Å². The van der Waals surface area contributed by atoms with Gasteiger partial charge >= 0.3 is 5.97 Å². The highest BCUT2D eigenvalue weighted by molar-refractivity contribution is 5.96. The molecule has 5 aliphatic rings. The second kappa shape index (κ2) is 9.28. The van der Waals surface area contributed by atoms with E-state index in [1.807, 2.05) is 6.92 Å². The largest absolute Gasteiger partial charge is 0.480 e. The third-order valence-corrected chi connectivity index (χ3v) is 8.69. The van der Waals surface area contributed by atoms with Crippen LogP contribution in [-0.2, 0) is 24.0 Å². The van der Waals surface area contributed by atoms with Crippen LogP contribution >= 0.6 is 0 Å². The molecule has 9 atom stereocenters. The Labute approximate surface area is 211 Å². The number of carboxylic acid groups (broad SMARTS) is 1. The summed E-state index contributed by atoms with van der Waals surface area (Å²) in [5.74, 6) is -1.08. The fourth-order valence-corrected chi connectivity index (χ4v) is 6.56. The lowest BCUT2D eigenvalue weighted by Crippen LogP contribution is -2.70. The van der Waals surface area contributed by atoms with E-state index in [-0.39, 0.29) is 23.7 Å². The van der Waals surface area contributed by atoms with Crippen LogP contribution in [0.25, 0.3) is 0 Å². The van der Waals surface area contributed by atoms with E-state index in [1.165, 1.54) is 0 Å². The normalized spacial score (nSPS) is 40.2. The highest BCUT2D eigenvalue weighted by Crippen LogP contribution is 2.60. The topological polar surface area (TPSA) is 113 Å². The zero-order chi connectivity index (χ0) is 25.8. The summed E-state index contributed by atoms with van der Waals surface area (Å²) in [6.45, 7) is 9.80. The number of nitrogens with one attached hydrogen (secondary N) is 1. The van der Waals surface area contributed by atoms with Crippen molar-refractivity contribution in [1.29, 1.82) is 0 Å². The quantitative estimate of drug-likeness (QED) is 0.558. The highest BCUT2D eigenvalue weighted by Gasteiger charge is 2.69. The summed E-state index contributed by atoms with van der Waals surface area (Å²) in [7, 11) is 0. The molecule has 0 aromatic heterocycles. The number of carbonyl (C=O) groups excluding carboxylic acids is 1. The summed E-state index contributed by atoms with van der Waals surface area (Å²) in [6, 6.07) is 5.70. The average molecular weight is 504 g/mol. The maximum absolute atomic E-state index is 12.6. The second-order valence-corrected chi connectivity index (χ2v) is 11.4. The van der Waals surface area contributed by atoms with E-state index in [9.17, 15) is 14.7 Å². The second-order valence-electron chi connectivity index (χ2n) is 11.4. The van der Waals surface area contributed by atoms with Crippen LogP contribution in [0.1, 0.15) is 70.7 Å². The van der Waals surface area contributed by atoms with Crippen molar-refractivity contribution in [2.45, 2.75) is 90.3 Å². The van der Waals surface area contributed by atoms with E-state index < -0.39 is 41.9 Å². The molecule has 4 aliphatic heterocycles. The van der Waals surface area contributed by atoms with Crippen LogP contribution in [0, 0.1) is 29.6 Å². The summed E-state index contributed by atoms with van der Waals surface area (Å²) in [5.41, 5.74) is -0.288. The minimum atomic E-state index is -1.06. The van der Waals surface area contributed by atoms with Gasteiger partial charge in [0, 0.05) is 23.8 Å². The van der Waals surface area contributed by atoms with Gasteiger partial charge in [0.2, 0.25) is 12.1 Å². The van der Waals surface area contributed by atoms with Gasteiger partial charge in [-0.25, -0.2) is 14.6 Å². The van der Waals surface area contributed by atoms with E-state index in [1.54, 1.807) is 38.1 Å². The molecule has 1 amide bonds. The average Bonchev–Trinajstić information content (AvgIpc) is 3.06. The number of aliphatic carboxylic acids is 1. The fourth-order valence-electron chi connectivity index (χ4n) is 6.56. The molecule has 5 fully saturated rings. The fraction of sp³-hybridized carbons (Fsp3) is 0.704. The van der Waals surface area contributed by atoms with Gasteiger partial charge < -0.3 is 24.6 Å². The lowest BCUT2D eigenvalue weighted by Gasteiger charge is -2.60. The molecule has 9 heteroatoms. The van der Waals surface area contributed by atoms with Crippen molar-refractivity contribution in [3.8, 4) is 5.75 Å². The molecule has 4 saturated heterocycles. The maximum atomic E-state index is 12.6. The van der Waals surface area contributed by atoms with E-state index in [0.717, 1.165) is 25.7 Å². The molecule has 0 radical (unpaired) electrons. The van der Waals surface area contributed by atoms with Gasteiger partial charge in [-0.1, -0.05) is 27.7 Å². The highest BCUT2D eigenvalue weighted by atomic mass is 17.3. The first-order chi connectivity index (χ1) is 17.0. The van der Waals surface area contributed by atoms with Crippen LogP contribution in [0.4, 0.5) is 0 Å². The molecule has 1 aromatic rings. The molecule has 2 N–H and O–H groups in total. The van der Waals surface area contributed by atoms with E-state index >= 15 is 0 Å². The zero-order valence-electron chi connectivity index (χ0n) is 21.6. The number of carbonyl (C=O) groups is 2. The number of ether oxygens (including phenoxy) is 3. The number of amides is 1. The van der Waals surface area contributed by atoms with Crippen molar-refractivity contribution in [2.24, 2.45) is 29.6 Å². The van der Waals surface area contributed by atoms with E-state index in [4.69, 9.17) is 24.0 Å². The molecule has 9 nitrogen and oxygen atoms in total. The summed E-state index contributed by atoms with van der Waals surface area (Å²) < 4.78 is 19.1. The zero-order valence-corrected chi connectivity index (χ0v) is 21.6. The van der Waals surface area contributed by atoms with Crippen molar-refractivity contribution in [3.05, 3.63) is 29.8 Å². The molecular weight excluding hydrogens is 466 g/mol. The molecule has 1 aromatic carbocycles. The SMILES string of the molecule is CC(C)[C@H](NC(=O)c1ccc(O[C@H]2O[C@@H]3O[C@@]4(C)CC[C@H]5[C@H](C)CC[C@@H]([C@H]2C)[C@@]35OO4)cc1)C(=O)O. The first-order valence-electron chi connectivity index (χ1n) is 13.0. The van der Waals surface area contributed by atoms with Gasteiger partial charge in [0.05, 0.1) is 0 Å². The molecule has 6 rings (SSSR count). The molecular formula is C27H37NO8. The Bertz CT molecular complexity index is 998. The monoisotopic (exact) mass is 503 g/mol. The lowest BCUT2D eigenvalue weighted by molar-refractivity contribution is -0.575. The number of benzene rings is 1. The van der Waals surface area contributed by atoms with Gasteiger partial charge in [-0.05, 0) is 68.2 Å². The molecule has 1 spiro atoms. The summed E-state index contributed by atoms with van der Waals surface area (Å²) in [4.78, 5) is 36.0. The van der Waals surface area contributed by atoms with Crippen LogP contribution < -0.4 is 10.1 Å². The first-order valence-corrected chi connectivity index (χ1v) is 13.0. The third-order valence-electron chi connectivity index (χ3n) is 8.69. The Kier molecular flexibility index (Phi) is 6.56. The van der Waals surface area contributed by atoms with E-state index in [0.29, 0.717) is 17.2 Å². The molecule has 0 unspecified atom stereocenters. The minimum Gasteiger partial charge on any atom is -0.480 e. The number of hydrogen-bond donors (Lipinski definition) is 2. The Morgan fingerprint density at radius 1 is 1.08 bits per heavy atom. The Morgan fingerprint density at radius 3 is 2.47 bits per heavy atom. The van der Waals surface area contributed by atoms with Crippen LogP contribution in [-0.4, -0.2) is 47.0 Å². The molecule has 4 heterocycles. The molecule has 2 bridgehead atoms. The Hall–Kier alpha value is -2.20. The summed E-state index contributed by atoms with van der Waals surface area (Å²) in [5, 5.41) is 11.9. The summed E-state index contributed by atoms with van der Waals surface area (Å²) in [6.07, 6.45) is 2.66. The number of fused-ring (bicyclic) bond motifs is 2. The summed E-state index contributed by atoms with van der Waals surface area (Å²) >= 11 is 0. The number of hydrogen-bond acceptors (Lipinski definition) is 7. The molecule has 198 valence electrons. The van der Waals surface area contributed by atoms with Crippen LogP contribution in [0.15, 0.2) is 24.3 Å². The van der Waals surface area contributed by atoms with Gasteiger partial charge in [0.25, 0.3) is 5.91 Å². The van der Waals surface area contributed by atoms with Gasteiger partial charge in [0.15, 0.2) is 11.9 Å². The van der Waals surface area contributed by atoms with Crippen LogP contribution in [0.3, 0.4) is 0 Å². The van der Waals surface area contributed by atoms with Gasteiger partial charge in [-0.3, -0.25) is 4.79 Å². The maximum Gasteiger partial charge on any atom is 0.326 e. The standard InChI is InChI=1S/C27H37NO8/c1-14(2)21(23(30)31)28-22(29)17-7-9-18(10-8-17)32-24-16(4)20-11-6-15(3)19-12-13-26(5)34-25(33-24)27(19,20)36-35-26/h7-10,14-16,19-21,24-25H,6,11-13H2,1-5H3,(H,28,29)(H,30,31)/t15-,16-,19+,20+,21+,24+,25-,26-,27-/m1/s1. The van der Waals surface area contributed by atoms with Gasteiger partial charge in [0.1, 0.15) is 11.8 Å². The third kappa shape index (κ3) is 4.20. The number of carboxylic acids is 1. The van der Waals surface area contributed by atoms with Crippen molar-refractivity contribution in [1.82, 2.24) is 5.32 Å². The van der Waals surface area contributed by atoms with Crippen molar-refractivity contribution in [2.75, 3.05) is 0 Å². The predicted molar refractivity (Wildman–Crippen MR) is 128 cm³/mol. The molecule has 36 heavy (non-hydrogen) atoms. The smallest absolute Gasteiger partial charge is 0.326 e. The Balaban J connectivity index is 1.32. The van der Waals surface area contributed by atoms with Crippen molar-refractivity contribution < 1.29 is 38.7 Å². The lowest BCUT2D eigenvalue weighted by atomic mass is 9.58. The first kappa shape index (κ1) is 25.4. The molecule has 1 aliphatic carbocycles. The van der Waals surface area contributed by atoms with Crippen molar-refractivity contribution >= 4 is 11.9 Å². The van der Waals surface area contributed by atoms with Crippen LogP contribution in [0.5, 0.6) is 5.75 Å². The number of rotatable bonds is 6. The Morgan fingerprint density at radius 2 is 1.81 bits per heavy atom.